The fourth-order valence-corrected chi connectivity index (χ4v) is 1.86. The molecule has 0 radical (unpaired) electrons. The van der Waals surface area contributed by atoms with Gasteiger partial charge in [0, 0.05) is 5.69 Å². The molecule has 0 saturated carbocycles. The third-order valence-corrected chi connectivity index (χ3v) is 2.87. The second-order valence-electron chi connectivity index (χ2n) is 4.03. The van der Waals surface area contributed by atoms with Crippen LogP contribution in [0.15, 0.2) is 18.2 Å². The van der Waals surface area contributed by atoms with Gasteiger partial charge in [0.2, 0.25) is 0 Å². The number of carbonyl (C=O) groups excluding carboxylic acids is 1. The van der Waals surface area contributed by atoms with E-state index in [2.05, 4.69) is 15.3 Å². The Morgan fingerprint density at radius 1 is 1.32 bits per heavy atom. The molecule has 2 aromatic rings. The minimum atomic E-state index is -0.377. The number of aldehydes is 1. The summed E-state index contributed by atoms with van der Waals surface area (Å²) < 4.78 is 13.2. The van der Waals surface area contributed by atoms with Crippen molar-refractivity contribution in [2.24, 2.45) is 0 Å². The minimum Gasteiger partial charge on any atom is -0.339 e. The van der Waals surface area contributed by atoms with Crippen molar-refractivity contribution in [1.29, 1.82) is 0 Å². The van der Waals surface area contributed by atoms with Crippen molar-refractivity contribution >= 4 is 29.4 Å². The summed E-state index contributed by atoms with van der Waals surface area (Å²) in [6.45, 7) is 3.47. The summed E-state index contributed by atoms with van der Waals surface area (Å²) in [5.41, 5.74) is 1.50. The Labute approximate surface area is 114 Å². The van der Waals surface area contributed by atoms with E-state index < -0.39 is 0 Å². The summed E-state index contributed by atoms with van der Waals surface area (Å²) in [4.78, 5) is 19.0. The molecule has 98 valence electrons. The summed E-state index contributed by atoms with van der Waals surface area (Å²) in [6, 6.07) is 4.32. The third kappa shape index (κ3) is 2.88. The third-order valence-electron chi connectivity index (χ3n) is 2.58. The lowest BCUT2D eigenvalue weighted by molar-refractivity contribution is 0.112. The van der Waals surface area contributed by atoms with E-state index in [1.165, 1.54) is 12.1 Å². The van der Waals surface area contributed by atoms with Crippen LogP contribution in [0.3, 0.4) is 0 Å². The van der Waals surface area contributed by atoms with Gasteiger partial charge in [-0.25, -0.2) is 14.4 Å². The number of benzene rings is 1. The van der Waals surface area contributed by atoms with Crippen LogP contribution in [0, 0.1) is 19.7 Å². The molecule has 6 heteroatoms. The molecular weight excluding hydrogens is 269 g/mol. The van der Waals surface area contributed by atoms with Gasteiger partial charge in [0.25, 0.3) is 0 Å². The number of rotatable bonds is 3. The molecule has 0 aliphatic carbocycles. The van der Waals surface area contributed by atoms with Crippen molar-refractivity contribution in [3.63, 3.8) is 0 Å². The lowest BCUT2D eigenvalue weighted by atomic mass is 10.2. The lowest BCUT2D eigenvalue weighted by Crippen LogP contribution is -2.04. The number of aromatic nitrogens is 2. The van der Waals surface area contributed by atoms with E-state index in [4.69, 9.17) is 11.6 Å². The van der Waals surface area contributed by atoms with Gasteiger partial charge in [-0.15, -0.1) is 0 Å². The predicted octanol–water partition coefficient (Wildman–Crippen LogP) is 3.44. The topological polar surface area (TPSA) is 54.9 Å². The largest absolute Gasteiger partial charge is 0.339 e. The van der Waals surface area contributed by atoms with Crippen LogP contribution >= 0.6 is 11.6 Å². The van der Waals surface area contributed by atoms with Crippen LogP contribution in [-0.2, 0) is 0 Å². The molecular formula is C13H11ClFN3O. The van der Waals surface area contributed by atoms with Crippen LogP contribution in [0.1, 0.15) is 21.7 Å². The van der Waals surface area contributed by atoms with E-state index in [-0.39, 0.29) is 22.4 Å². The lowest BCUT2D eigenvalue weighted by Gasteiger charge is -2.11. The summed E-state index contributed by atoms with van der Waals surface area (Å²) in [6.07, 6.45) is 0.568. The molecule has 1 aromatic heterocycles. The minimum absolute atomic E-state index is 0.0686. The molecule has 0 aliphatic heterocycles. The zero-order valence-corrected chi connectivity index (χ0v) is 11.1. The molecule has 1 N–H and O–H groups in total. The van der Waals surface area contributed by atoms with E-state index >= 15 is 0 Å². The molecule has 0 bridgehead atoms. The van der Waals surface area contributed by atoms with E-state index in [0.29, 0.717) is 17.8 Å². The Balaban J connectivity index is 2.48. The highest BCUT2D eigenvalue weighted by Gasteiger charge is 2.12. The van der Waals surface area contributed by atoms with Gasteiger partial charge in [0.1, 0.15) is 22.6 Å². The quantitative estimate of drug-likeness (QED) is 0.691. The average molecular weight is 280 g/mol. The zero-order chi connectivity index (χ0) is 14.0. The molecule has 19 heavy (non-hydrogen) atoms. The first-order chi connectivity index (χ1) is 9.01. The first kappa shape index (κ1) is 13.4. The van der Waals surface area contributed by atoms with Crippen molar-refractivity contribution in [2.75, 3.05) is 5.32 Å². The fraction of sp³-hybridized carbons (Fsp3) is 0.154. The molecule has 0 unspecified atom stereocenters. The molecule has 4 nitrogen and oxygen atoms in total. The maximum atomic E-state index is 13.2. The van der Waals surface area contributed by atoms with E-state index in [0.717, 1.165) is 5.56 Å². The SMILES string of the molecule is Cc1nc(Cl)c(C=O)c(Nc2cc(F)ccc2C)n1. The molecule has 0 amide bonds. The highest BCUT2D eigenvalue weighted by atomic mass is 35.5. The molecule has 0 fully saturated rings. The molecule has 0 saturated heterocycles. The van der Waals surface area contributed by atoms with Crippen molar-refractivity contribution in [2.45, 2.75) is 13.8 Å². The Morgan fingerprint density at radius 2 is 2.05 bits per heavy atom. The summed E-state index contributed by atoms with van der Waals surface area (Å²) >= 11 is 5.88. The normalized spacial score (nSPS) is 10.3. The number of halogens is 2. The molecule has 0 aliphatic rings. The van der Waals surface area contributed by atoms with Crippen molar-refractivity contribution in [3.8, 4) is 0 Å². The first-order valence-corrected chi connectivity index (χ1v) is 5.91. The standard InChI is InChI=1S/C13H11ClFN3O/c1-7-3-4-9(15)5-11(7)18-13-10(6-19)12(14)16-8(2)17-13/h3-6H,1-2H3,(H,16,17,18). The summed E-state index contributed by atoms with van der Waals surface area (Å²) in [7, 11) is 0. The van der Waals surface area contributed by atoms with Gasteiger partial charge < -0.3 is 5.32 Å². The predicted molar refractivity (Wildman–Crippen MR) is 71.6 cm³/mol. The first-order valence-electron chi connectivity index (χ1n) is 5.53. The van der Waals surface area contributed by atoms with Gasteiger partial charge >= 0.3 is 0 Å². The van der Waals surface area contributed by atoms with Crippen LogP contribution in [0.2, 0.25) is 5.15 Å². The van der Waals surface area contributed by atoms with Gasteiger partial charge in [-0.05, 0) is 31.5 Å². The number of hydrogen-bond acceptors (Lipinski definition) is 4. The van der Waals surface area contributed by atoms with Crippen molar-refractivity contribution in [3.05, 3.63) is 46.1 Å². The van der Waals surface area contributed by atoms with Gasteiger partial charge in [0.05, 0.1) is 5.56 Å². The monoisotopic (exact) mass is 279 g/mol. The second-order valence-corrected chi connectivity index (χ2v) is 4.38. The van der Waals surface area contributed by atoms with Gasteiger partial charge in [0.15, 0.2) is 6.29 Å². The Bertz CT molecular complexity index is 646. The van der Waals surface area contributed by atoms with Gasteiger partial charge in [-0.2, -0.15) is 0 Å². The molecule has 0 atom stereocenters. The van der Waals surface area contributed by atoms with E-state index in [9.17, 15) is 9.18 Å². The van der Waals surface area contributed by atoms with Crippen LogP contribution in [0.4, 0.5) is 15.9 Å². The summed E-state index contributed by atoms with van der Waals surface area (Å²) in [5, 5.41) is 2.98. The fourth-order valence-electron chi connectivity index (χ4n) is 1.60. The molecule has 0 spiro atoms. The Morgan fingerprint density at radius 3 is 2.74 bits per heavy atom. The number of carbonyl (C=O) groups is 1. The van der Waals surface area contributed by atoms with Crippen molar-refractivity contribution < 1.29 is 9.18 Å². The van der Waals surface area contributed by atoms with Crippen LogP contribution in [-0.4, -0.2) is 16.3 Å². The van der Waals surface area contributed by atoms with E-state index in [1.807, 2.05) is 6.92 Å². The average Bonchev–Trinajstić information content (AvgIpc) is 2.33. The number of nitrogens with one attached hydrogen (secondary N) is 1. The second kappa shape index (κ2) is 5.32. The number of anilines is 2. The van der Waals surface area contributed by atoms with Gasteiger partial charge in [-0.3, -0.25) is 4.79 Å². The van der Waals surface area contributed by atoms with Crippen LogP contribution in [0.5, 0.6) is 0 Å². The van der Waals surface area contributed by atoms with Crippen LogP contribution < -0.4 is 5.32 Å². The molecule has 1 aromatic carbocycles. The maximum Gasteiger partial charge on any atom is 0.156 e. The molecule has 1 heterocycles. The zero-order valence-electron chi connectivity index (χ0n) is 10.4. The number of aryl methyl sites for hydroxylation is 2. The van der Waals surface area contributed by atoms with E-state index in [1.54, 1.807) is 13.0 Å². The van der Waals surface area contributed by atoms with Gasteiger partial charge in [-0.1, -0.05) is 17.7 Å². The smallest absolute Gasteiger partial charge is 0.156 e. The van der Waals surface area contributed by atoms with Crippen LogP contribution in [0.25, 0.3) is 0 Å². The highest BCUT2D eigenvalue weighted by molar-refractivity contribution is 6.32. The van der Waals surface area contributed by atoms with Crippen molar-refractivity contribution in [1.82, 2.24) is 9.97 Å². The summed E-state index contributed by atoms with van der Waals surface area (Å²) in [5.74, 6) is 0.311. The molecule has 2 rings (SSSR count). The Kier molecular flexibility index (Phi) is 3.76. The Hall–Kier alpha value is -2.01. The highest BCUT2D eigenvalue weighted by Crippen LogP contribution is 2.25. The number of hydrogen-bond donors (Lipinski definition) is 1. The number of nitrogens with zero attached hydrogens (tertiary/aromatic N) is 2. The maximum absolute atomic E-state index is 13.2.